The number of aliphatic hydroxyl groups excluding tert-OH is 1. The molecule has 0 radical (unpaired) electrons. The van der Waals surface area contributed by atoms with Crippen LogP contribution in [0.5, 0.6) is 0 Å². The highest BCUT2D eigenvalue weighted by Crippen LogP contribution is 2.18. The van der Waals surface area contributed by atoms with E-state index in [2.05, 4.69) is 16.7 Å². The van der Waals surface area contributed by atoms with Crippen LogP contribution in [0.1, 0.15) is 5.76 Å². The molecule has 0 amide bonds. The van der Waals surface area contributed by atoms with Crippen molar-refractivity contribution >= 4 is 11.0 Å². The molecule has 3 N–H and O–H groups in total. The van der Waals surface area contributed by atoms with Gasteiger partial charge in [0, 0.05) is 30.9 Å². The van der Waals surface area contributed by atoms with Gasteiger partial charge >= 0.3 is 0 Å². The van der Waals surface area contributed by atoms with E-state index in [-0.39, 0.29) is 6.10 Å². The summed E-state index contributed by atoms with van der Waals surface area (Å²) in [5.41, 5.74) is 0.928. The van der Waals surface area contributed by atoms with Crippen molar-refractivity contribution in [2.75, 3.05) is 19.6 Å². The van der Waals surface area contributed by atoms with Crippen LogP contribution < -0.4 is 10.6 Å². The van der Waals surface area contributed by atoms with E-state index in [0.717, 1.165) is 29.8 Å². The Kier molecular flexibility index (Phi) is 3.32. The molecule has 18 heavy (non-hydrogen) atoms. The lowest BCUT2D eigenvalue weighted by atomic mass is 10.1. The number of hydrogen-bond donors (Lipinski definition) is 3. The molecule has 0 saturated carbocycles. The summed E-state index contributed by atoms with van der Waals surface area (Å²) in [6.07, 6.45) is -0.229. The van der Waals surface area contributed by atoms with Crippen LogP contribution in [0.25, 0.3) is 11.0 Å². The minimum absolute atomic E-state index is 0.229. The molecule has 4 nitrogen and oxygen atoms in total. The number of furan rings is 1. The van der Waals surface area contributed by atoms with E-state index in [1.807, 2.05) is 24.3 Å². The van der Waals surface area contributed by atoms with Crippen LogP contribution >= 0.6 is 0 Å². The second kappa shape index (κ2) is 5.10. The van der Waals surface area contributed by atoms with Gasteiger partial charge in [-0.25, -0.2) is 0 Å². The zero-order valence-electron chi connectivity index (χ0n) is 10.2. The van der Waals surface area contributed by atoms with Crippen molar-refractivity contribution in [2.45, 2.75) is 12.6 Å². The molecule has 1 aliphatic heterocycles. The van der Waals surface area contributed by atoms with E-state index in [1.54, 1.807) is 0 Å². The normalized spacial score (nSPS) is 23.8. The summed E-state index contributed by atoms with van der Waals surface area (Å²) in [5.74, 6) is 1.24. The van der Waals surface area contributed by atoms with Crippen LogP contribution in [0.2, 0.25) is 0 Å². The Bertz CT molecular complexity index is 490. The second-order valence-corrected chi connectivity index (χ2v) is 4.87. The molecule has 0 spiro atoms. The summed E-state index contributed by atoms with van der Waals surface area (Å²) in [4.78, 5) is 0. The van der Waals surface area contributed by atoms with Gasteiger partial charge < -0.3 is 20.2 Å². The maximum absolute atomic E-state index is 9.67. The van der Waals surface area contributed by atoms with Crippen LogP contribution in [0.3, 0.4) is 0 Å². The Labute approximate surface area is 106 Å². The second-order valence-electron chi connectivity index (χ2n) is 4.87. The van der Waals surface area contributed by atoms with Crippen molar-refractivity contribution in [3.05, 3.63) is 36.1 Å². The lowest BCUT2D eigenvalue weighted by Gasteiger charge is -2.13. The fourth-order valence-electron chi connectivity index (χ4n) is 2.43. The minimum Gasteiger partial charge on any atom is -0.460 e. The minimum atomic E-state index is -0.229. The predicted molar refractivity (Wildman–Crippen MR) is 70.3 cm³/mol. The molecule has 2 unspecified atom stereocenters. The van der Waals surface area contributed by atoms with Gasteiger partial charge in [0.2, 0.25) is 0 Å². The first kappa shape index (κ1) is 11.7. The molecule has 0 bridgehead atoms. The number of aliphatic hydroxyl groups is 1. The molecular weight excluding hydrogens is 228 g/mol. The predicted octanol–water partition coefficient (Wildman–Crippen LogP) is 1.10. The van der Waals surface area contributed by atoms with Crippen molar-refractivity contribution in [1.82, 2.24) is 10.6 Å². The highest BCUT2D eigenvalue weighted by atomic mass is 16.3. The van der Waals surface area contributed by atoms with E-state index in [9.17, 15) is 5.11 Å². The smallest absolute Gasteiger partial charge is 0.134 e. The maximum Gasteiger partial charge on any atom is 0.134 e. The third-order valence-corrected chi connectivity index (χ3v) is 3.49. The Balaban J connectivity index is 1.56. The Morgan fingerprint density at radius 1 is 1.33 bits per heavy atom. The van der Waals surface area contributed by atoms with Crippen LogP contribution in [0.4, 0.5) is 0 Å². The fourth-order valence-corrected chi connectivity index (χ4v) is 2.43. The van der Waals surface area contributed by atoms with Crippen molar-refractivity contribution < 1.29 is 9.52 Å². The summed E-state index contributed by atoms with van der Waals surface area (Å²) in [6, 6.07) is 10.1. The molecule has 3 rings (SSSR count). The number of β-amino-alcohol motifs (C(OH)–C–C–N with tert-alkyl or cyclic N) is 1. The first-order valence-corrected chi connectivity index (χ1v) is 6.40. The standard InChI is InChI=1S/C14H18N2O2/c17-13-9-16-7-11(13)6-15-8-12-5-10-3-1-2-4-14(10)18-12/h1-5,11,13,15-17H,6-9H2. The van der Waals surface area contributed by atoms with E-state index in [1.165, 1.54) is 0 Å². The van der Waals surface area contributed by atoms with Gasteiger partial charge in [-0.2, -0.15) is 0 Å². The molecule has 2 atom stereocenters. The zero-order chi connectivity index (χ0) is 12.4. The number of hydrogen-bond acceptors (Lipinski definition) is 4. The fraction of sp³-hybridized carbons (Fsp3) is 0.429. The summed E-state index contributed by atoms with van der Waals surface area (Å²) >= 11 is 0. The van der Waals surface area contributed by atoms with Crippen molar-refractivity contribution in [3.8, 4) is 0 Å². The topological polar surface area (TPSA) is 57.4 Å². The van der Waals surface area contributed by atoms with Crippen molar-refractivity contribution in [1.29, 1.82) is 0 Å². The molecule has 1 saturated heterocycles. The van der Waals surface area contributed by atoms with E-state index < -0.39 is 0 Å². The quantitative estimate of drug-likeness (QED) is 0.756. The van der Waals surface area contributed by atoms with Gasteiger partial charge in [-0.15, -0.1) is 0 Å². The first-order valence-electron chi connectivity index (χ1n) is 6.40. The van der Waals surface area contributed by atoms with Gasteiger partial charge in [-0.1, -0.05) is 18.2 Å². The monoisotopic (exact) mass is 246 g/mol. The van der Waals surface area contributed by atoms with Crippen LogP contribution in [-0.4, -0.2) is 30.8 Å². The van der Waals surface area contributed by atoms with Gasteiger partial charge in [0.1, 0.15) is 11.3 Å². The highest BCUT2D eigenvalue weighted by molar-refractivity contribution is 5.77. The lowest BCUT2D eigenvalue weighted by Crippen LogP contribution is -2.30. The number of rotatable bonds is 4. The maximum atomic E-state index is 9.67. The molecule has 1 aromatic carbocycles. The molecule has 2 aromatic rings. The largest absolute Gasteiger partial charge is 0.460 e. The Morgan fingerprint density at radius 3 is 3.00 bits per heavy atom. The lowest BCUT2D eigenvalue weighted by molar-refractivity contribution is 0.146. The van der Waals surface area contributed by atoms with Gasteiger partial charge in [0.15, 0.2) is 0 Å². The van der Waals surface area contributed by atoms with Crippen LogP contribution in [0.15, 0.2) is 34.7 Å². The van der Waals surface area contributed by atoms with Crippen LogP contribution in [0, 0.1) is 5.92 Å². The summed E-state index contributed by atoms with van der Waals surface area (Å²) in [5, 5.41) is 17.3. The number of fused-ring (bicyclic) bond motifs is 1. The summed E-state index contributed by atoms with van der Waals surface area (Å²) in [7, 11) is 0. The van der Waals surface area contributed by atoms with Gasteiger partial charge in [0.25, 0.3) is 0 Å². The third kappa shape index (κ3) is 2.41. The number of para-hydroxylation sites is 1. The van der Waals surface area contributed by atoms with E-state index >= 15 is 0 Å². The summed E-state index contributed by atoms with van der Waals surface area (Å²) in [6.45, 7) is 3.11. The highest BCUT2D eigenvalue weighted by Gasteiger charge is 2.24. The average Bonchev–Trinajstić information content (AvgIpc) is 2.96. The average molecular weight is 246 g/mol. The molecule has 96 valence electrons. The van der Waals surface area contributed by atoms with Gasteiger partial charge in [-0.05, 0) is 12.1 Å². The summed E-state index contributed by atoms with van der Waals surface area (Å²) < 4.78 is 5.72. The number of benzene rings is 1. The van der Waals surface area contributed by atoms with Crippen molar-refractivity contribution in [2.24, 2.45) is 5.92 Å². The SMILES string of the molecule is OC1CNCC1CNCc1cc2ccccc2o1. The molecule has 2 heterocycles. The molecule has 1 aromatic heterocycles. The number of nitrogens with one attached hydrogen (secondary N) is 2. The van der Waals surface area contributed by atoms with Gasteiger partial charge in [-0.3, -0.25) is 0 Å². The van der Waals surface area contributed by atoms with Gasteiger partial charge in [0.05, 0.1) is 12.6 Å². The molecule has 1 fully saturated rings. The molecule has 4 heteroatoms. The first-order chi connectivity index (χ1) is 8.83. The molecule has 0 aliphatic carbocycles. The van der Waals surface area contributed by atoms with Crippen molar-refractivity contribution in [3.63, 3.8) is 0 Å². The van der Waals surface area contributed by atoms with Crippen LogP contribution in [-0.2, 0) is 6.54 Å². The van der Waals surface area contributed by atoms with E-state index in [4.69, 9.17) is 4.42 Å². The van der Waals surface area contributed by atoms with E-state index in [0.29, 0.717) is 19.0 Å². The third-order valence-electron chi connectivity index (χ3n) is 3.49. The molecule has 1 aliphatic rings. The zero-order valence-corrected chi connectivity index (χ0v) is 10.2. The Hall–Kier alpha value is -1.36. The molecular formula is C14H18N2O2. The Morgan fingerprint density at radius 2 is 2.22 bits per heavy atom.